The third kappa shape index (κ3) is 5.36. The first-order chi connectivity index (χ1) is 18.3. The number of imidazole rings is 1. The Morgan fingerprint density at radius 3 is 2.71 bits per heavy atom. The van der Waals surface area contributed by atoms with E-state index in [1.165, 1.54) is 0 Å². The Morgan fingerprint density at radius 2 is 1.97 bits per heavy atom. The van der Waals surface area contributed by atoms with Crippen LogP contribution in [0.25, 0.3) is 22.4 Å². The summed E-state index contributed by atoms with van der Waals surface area (Å²) in [6.45, 7) is 4.81. The molecule has 2 aromatic heterocycles. The van der Waals surface area contributed by atoms with E-state index in [4.69, 9.17) is 28.2 Å². The second kappa shape index (κ2) is 11.1. The van der Waals surface area contributed by atoms with Crippen LogP contribution in [0.2, 0.25) is 5.02 Å². The van der Waals surface area contributed by atoms with Gasteiger partial charge in [0.15, 0.2) is 0 Å². The summed E-state index contributed by atoms with van der Waals surface area (Å²) in [4.78, 5) is 39.6. The Balaban J connectivity index is 1.40. The summed E-state index contributed by atoms with van der Waals surface area (Å²) in [5, 5.41) is 14.4. The van der Waals surface area contributed by atoms with E-state index in [-0.39, 0.29) is 23.9 Å². The summed E-state index contributed by atoms with van der Waals surface area (Å²) in [5.74, 6) is 0.380. The van der Waals surface area contributed by atoms with E-state index >= 15 is 0 Å². The molecule has 0 spiro atoms. The van der Waals surface area contributed by atoms with Crippen molar-refractivity contribution in [3.05, 3.63) is 75.2 Å². The number of aliphatic hydroxyl groups excluding tert-OH is 1. The molecule has 1 unspecified atom stereocenters. The van der Waals surface area contributed by atoms with Crippen LogP contribution in [0.1, 0.15) is 17.2 Å². The first-order valence-corrected chi connectivity index (χ1v) is 13.2. The molecular formula is C27H28Cl2N6O3. The van der Waals surface area contributed by atoms with Gasteiger partial charge in [-0.15, -0.1) is 11.6 Å². The number of alkyl halides is 1. The molecule has 0 saturated carbocycles. The molecule has 38 heavy (non-hydrogen) atoms. The first kappa shape index (κ1) is 26.1. The molecule has 5 rings (SSSR count). The molecule has 9 nitrogen and oxygen atoms in total. The lowest BCUT2D eigenvalue weighted by Crippen LogP contribution is -2.49. The SMILES string of the molecule is Cc1cc(N2CCN(C(=O)CCl)CC2)cc2[nH]c(-c3c(NCC(O)c4cccc(Cl)c4)cc[nH]c3=O)nc12. The molecule has 11 heteroatoms. The molecule has 4 N–H and O–H groups in total. The molecule has 198 valence electrons. The van der Waals surface area contributed by atoms with Gasteiger partial charge in [-0.3, -0.25) is 9.59 Å². The van der Waals surface area contributed by atoms with E-state index in [0.717, 1.165) is 22.3 Å². The van der Waals surface area contributed by atoms with Crippen molar-refractivity contribution < 1.29 is 9.90 Å². The number of aromatic amines is 2. The first-order valence-electron chi connectivity index (χ1n) is 12.3. The normalized spacial score (nSPS) is 14.6. The minimum atomic E-state index is -0.818. The maximum absolute atomic E-state index is 12.9. The van der Waals surface area contributed by atoms with Crippen molar-refractivity contribution in [2.45, 2.75) is 13.0 Å². The Morgan fingerprint density at radius 1 is 1.18 bits per heavy atom. The van der Waals surface area contributed by atoms with E-state index in [1.807, 2.05) is 13.0 Å². The van der Waals surface area contributed by atoms with Crippen LogP contribution < -0.4 is 15.8 Å². The van der Waals surface area contributed by atoms with E-state index in [0.29, 0.717) is 53.8 Å². The third-order valence-electron chi connectivity index (χ3n) is 6.79. The van der Waals surface area contributed by atoms with Gasteiger partial charge in [-0.25, -0.2) is 4.98 Å². The number of hydrogen-bond donors (Lipinski definition) is 4. The van der Waals surface area contributed by atoms with E-state index in [9.17, 15) is 14.7 Å². The van der Waals surface area contributed by atoms with Gasteiger partial charge in [-0.1, -0.05) is 23.7 Å². The zero-order valence-electron chi connectivity index (χ0n) is 20.8. The second-order valence-corrected chi connectivity index (χ2v) is 10.00. The summed E-state index contributed by atoms with van der Waals surface area (Å²) in [6, 6.07) is 12.9. The molecule has 1 atom stereocenters. The molecule has 1 aliphatic heterocycles. The average molecular weight is 555 g/mol. The molecule has 3 heterocycles. The zero-order chi connectivity index (χ0) is 26.8. The molecule has 4 aromatic rings. The molecule has 1 fully saturated rings. The van der Waals surface area contributed by atoms with Crippen molar-refractivity contribution in [2.75, 3.05) is 48.8 Å². The number of rotatable bonds is 7. The maximum Gasteiger partial charge on any atom is 0.261 e. The Hall–Kier alpha value is -3.53. The average Bonchev–Trinajstić information content (AvgIpc) is 3.35. The molecular weight excluding hydrogens is 527 g/mol. The topological polar surface area (TPSA) is 117 Å². The van der Waals surface area contributed by atoms with Gasteiger partial charge in [0.25, 0.3) is 5.56 Å². The number of halogens is 2. The standard InChI is InChI=1S/C27H28Cl2N6O3/c1-16-11-19(34-7-9-35(10-8-34)23(37)14-28)13-21-25(16)33-26(32-21)24-20(5-6-30-27(24)38)31-15-22(36)17-3-2-4-18(29)12-17/h2-6,11-13,22,36H,7-10,14-15H2,1H3,(H,32,33)(H2,30,31,38). The van der Waals surface area contributed by atoms with Crippen LogP contribution in [0, 0.1) is 6.92 Å². The highest BCUT2D eigenvalue weighted by Gasteiger charge is 2.22. The van der Waals surface area contributed by atoms with Crippen LogP contribution in [0.5, 0.6) is 0 Å². The minimum Gasteiger partial charge on any atom is -0.387 e. The highest BCUT2D eigenvalue weighted by molar-refractivity contribution is 6.30. The van der Waals surface area contributed by atoms with Gasteiger partial charge >= 0.3 is 0 Å². The number of H-pyrrole nitrogens is 2. The van der Waals surface area contributed by atoms with Crippen molar-refractivity contribution >= 4 is 51.5 Å². The number of benzene rings is 2. The van der Waals surface area contributed by atoms with Crippen molar-refractivity contribution in [2.24, 2.45) is 0 Å². The molecule has 2 aromatic carbocycles. The third-order valence-corrected chi connectivity index (χ3v) is 7.25. The molecule has 0 radical (unpaired) electrons. The molecule has 1 saturated heterocycles. The van der Waals surface area contributed by atoms with Crippen molar-refractivity contribution in [3.63, 3.8) is 0 Å². The number of nitrogens with one attached hydrogen (secondary N) is 3. The molecule has 1 amide bonds. The van der Waals surface area contributed by atoms with Crippen LogP contribution in [-0.2, 0) is 4.79 Å². The monoisotopic (exact) mass is 554 g/mol. The van der Waals surface area contributed by atoms with Gasteiger partial charge in [0.1, 0.15) is 17.3 Å². The highest BCUT2D eigenvalue weighted by Crippen LogP contribution is 2.30. The lowest BCUT2D eigenvalue weighted by Gasteiger charge is -2.36. The van der Waals surface area contributed by atoms with E-state index in [2.05, 4.69) is 26.3 Å². The summed E-state index contributed by atoms with van der Waals surface area (Å²) in [5.41, 5.74) is 4.85. The fourth-order valence-electron chi connectivity index (χ4n) is 4.77. The Bertz CT molecular complexity index is 1530. The van der Waals surface area contributed by atoms with Crippen LogP contribution in [0.15, 0.2) is 53.5 Å². The molecule has 0 bridgehead atoms. The number of pyridine rings is 1. The van der Waals surface area contributed by atoms with Crippen molar-refractivity contribution in [3.8, 4) is 11.4 Å². The predicted molar refractivity (Wildman–Crippen MR) is 151 cm³/mol. The molecule has 1 aliphatic rings. The summed E-state index contributed by atoms with van der Waals surface area (Å²) in [6.07, 6.45) is 0.738. The number of aliphatic hydroxyl groups is 1. The number of amides is 1. The minimum absolute atomic E-state index is 0.00296. The fraction of sp³-hybridized carbons (Fsp3) is 0.296. The lowest BCUT2D eigenvalue weighted by atomic mass is 10.1. The van der Waals surface area contributed by atoms with Gasteiger partial charge in [-0.05, 0) is 48.4 Å². The number of carbonyl (C=O) groups is 1. The highest BCUT2D eigenvalue weighted by atomic mass is 35.5. The number of aryl methyl sites for hydroxylation is 1. The summed E-state index contributed by atoms with van der Waals surface area (Å²) < 4.78 is 0. The number of anilines is 2. The van der Waals surface area contributed by atoms with Crippen LogP contribution in [-0.4, -0.2) is 69.5 Å². The van der Waals surface area contributed by atoms with E-state index < -0.39 is 6.10 Å². The molecule has 0 aliphatic carbocycles. The van der Waals surface area contributed by atoms with Crippen LogP contribution >= 0.6 is 23.2 Å². The van der Waals surface area contributed by atoms with Gasteiger partial charge < -0.3 is 30.2 Å². The number of hydrogen-bond acceptors (Lipinski definition) is 6. The van der Waals surface area contributed by atoms with Gasteiger partial charge in [0, 0.05) is 49.6 Å². The van der Waals surface area contributed by atoms with Crippen LogP contribution in [0.3, 0.4) is 0 Å². The van der Waals surface area contributed by atoms with Crippen LogP contribution in [0.4, 0.5) is 11.4 Å². The zero-order valence-corrected chi connectivity index (χ0v) is 22.3. The maximum atomic E-state index is 12.9. The number of piperazine rings is 1. The summed E-state index contributed by atoms with van der Waals surface area (Å²) >= 11 is 11.8. The van der Waals surface area contributed by atoms with Gasteiger partial charge in [-0.2, -0.15) is 0 Å². The Labute approximate surface area is 229 Å². The van der Waals surface area contributed by atoms with Gasteiger partial charge in [0.05, 0.1) is 22.8 Å². The number of nitrogens with zero attached hydrogens (tertiary/aromatic N) is 3. The van der Waals surface area contributed by atoms with Crippen molar-refractivity contribution in [1.29, 1.82) is 0 Å². The number of carbonyl (C=O) groups excluding carboxylic acids is 1. The second-order valence-electron chi connectivity index (χ2n) is 9.29. The fourth-order valence-corrected chi connectivity index (χ4v) is 5.14. The smallest absolute Gasteiger partial charge is 0.261 e. The quantitative estimate of drug-likeness (QED) is 0.257. The predicted octanol–water partition coefficient (Wildman–Crippen LogP) is 3.91. The van der Waals surface area contributed by atoms with Crippen molar-refractivity contribution in [1.82, 2.24) is 19.9 Å². The lowest BCUT2D eigenvalue weighted by molar-refractivity contribution is -0.128. The van der Waals surface area contributed by atoms with E-state index in [1.54, 1.807) is 41.4 Å². The number of fused-ring (bicyclic) bond motifs is 1. The largest absolute Gasteiger partial charge is 0.387 e. The van der Waals surface area contributed by atoms with Gasteiger partial charge in [0.2, 0.25) is 5.91 Å². The summed E-state index contributed by atoms with van der Waals surface area (Å²) in [7, 11) is 0. The Kier molecular flexibility index (Phi) is 7.60. The number of aromatic nitrogens is 3.